The summed E-state index contributed by atoms with van der Waals surface area (Å²) in [5.74, 6) is -3.67. The van der Waals surface area contributed by atoms with Crippen molar-refractivity contribution in [3.05, 3.63) is 12.2 Å². The zero-order valence-electron chi connectivity index (χ0n) is 9.34. The summed E-state index contributed by atoms with van der Waals surface area (Å²) in [5, 5.41) is 27.0. The van der Waals surface area contributed by atoms with Crippen molar-refractivity contribution < 1.29 is 29.7 Å². The number of rotatable bonds is 4. The Balaban J connectivity index is 3.13. The van der Waals surface area contributed by atoms with E-state index >= 15 is 0 Å². The van der Waals surface area contributed by atoms with Gasteiger partial charge in [0.15, 0.2) is 0 Å². The molecule has 1 rings (SSSR count). The highest BCUT2D eigenvalue weighted by Gasteiger charge is 2.49. The van der Waals surface area contributed by atoms with E-state index in [9.17, 15) is 14.4 Å². The van der Waals surface area contributed by atoms with Crippen LogP contribution in [0.15, 0.2) is 12.2 Å². The number of allylic oxidation sites excluding steroid dienone is 1. The van der Waals surface area contributed by atoms with Gasteiger partial charge in [-0.3, -0.25) is 14.4 Å². The third-order valence-corrected chi connectivity index (χ3v) is 3.12. The second-order valence-corrected chi connectivity index (χ2v) is 4.68. The van der Waals surface area contributed by atoms with Crippen LogP contribution in [0.3, 0.4) is 0 Å². The summed E-state index contributed by atoms with van der Waals surface area (Å²) in [5.41, 5.74) is -2.86. The average molecular weight is 242 g/mol. The summed E-state index contributed by atoms with van der Waals surface area (Å²) >= 11 is 0. The van der Waals surface area contributed by atoms with E-state index in [1.165, 1.54) is 19.1 Å². The molecule has 0 amide bonds. The lowest BCUT2D eigenvalue weighted by atomic mass is 9.65. The smallest absolute Gasteiger partial charge is 0.314 e. The molecule has 94 valence electrons. The van der Waals surface area contributed by atoms with Crippen LogP contribution in [0.5, 0.6) is 0 Å². The van der Waals surface area contributed by atoms with Gasteiger partial charge in [-0.15, -0.1) is 0 Å². The molecule has 0 bridgehead atoms. The highest BCUT2D eigenvalue weighted by molar-refractivity contribution is 5.85. The summed E-state index contributed by atoms with van der Waals surface area (Å²) in [6.45, 7) is 1.43. The number of carboxylic acids is 3. The zero-order chi connectivity index (χ0) is 13.3. The Morgan fingerprint density at radius 2 is 1.76 bits per heavy atom. The molecular formula is C11H14O6. The van der Waals surface area contributed by atoms with E-state index in [0.29, 0.717) is 0 Å². The van der Waals surface area contributed by atoms with E-state index in [0.717, 1.165) is 0 Å². The molecular weight excluding hydrogens is 228 g/mol. The van der Waals surface area contributed by atoms with Crippen LogP contribution in [0.2, 0.25) is 0 Å². The Bertz CT molecular complexity index is 399. The number of carbonyl (C=O) groups is 3. The molecule has 1 aliphatic carbocycles. The third kappa shape index (κ3) is 2.46. The molecule has 0 saturated heterocycles. The van der Waals surface area contributed by atoms with Gasteiger partial charge in [0.2, 0.25) is 0 Å². The summed E-state index contributed by atoms with van der Waals surface area (Å²) in [6, 6.07) is 0. The molecule has 3 N–H and O–H groups in total. The van der Waals surface area contributed by atoms with Crippen LogP contribution in [-0.2, 0) is 14.4 Å². The minimum absolute atomic E-state index is 0.205. The lowest BCUT2D eigenvalue weighted by Gasteiger charge is -2.36. The van der Waals surface area contributed by atoms with Crippen LogP contribution in [0.4, 0.5) is 0 Å². The Morgan fingerprint density at radius 1 is 1.18 bits per heavy atom. The predicted molar refractivity (Wildman–Crippen MR) is 56.4 cm³/mol. The molecule has 0 aliphatic heterocycles. The number of hydrogen-bond donors (Lipinski definition) is 3. The Labute approximate surface area is 97.6 Å². The van der Waals surface area contributed by atoms with Crippen molar-refractivity contribution in [1.82, 2.24) is 0 Å². The molecule has 0 radical (unpaired) electrons. The maximum absolute atomic E-state index is 11.2. The van der Waals surface area contributed by atoms with E-state index in [1.54, 1.807) is 0 Å². The molecule has 0 aromatic carbocycles. The monoisotopic (exact) mass is 242 g/mol. The maximum Gasteiger partial charge on any atom is 0.314 e. The first-order valence-electron chi connectivity index (χ1n) is 5.08. The van der Waals surface area contributed by atoms with Gasteiger partial charge < -0.3 is 15.3 Å². The number of carboxylic acid groups (broad SMARTS) is 3. The first-order valence-corrected chi connectivity index (χ1v) is 5.08. The zero-order valence-corrected chi connectivity index (χ0v) is 9.34. The van der Waals surface area contributed by atoms with Crippen LogP contribution in [0.1, 0.15) is 26.2 Å². The second-order valence-electron chi connectivity index (χ2n) is 4.68. The first kappa shape index (κ1) is 13.2. The van der Waals surface area contributed by atoms with Crippen LogP contribution in [0, 0.1) is 10.8 Å². The summed E-state index contributed by atoms with van der Waals surface area (Å²) in [6.07, 6.45) is 2.12. The van der Waals surface area contributed by atoms with E-state index in [1.807, 2.05) is 0 Å². The SMILES string of the molecule is CC1(C(=O)O)CC=CC(CC(=O)O)(C(=O)O)C1. The van der Waals surface area contributed by atoms with Gasteiger partial charge in [0.25, 0.3) is 0 Å². The topological polar surface area (TPSA) is 112 Å². The van der Waals surface area contributed by atoms with Crippen molar-refractivity contribution in [2.75, 3.05) is 0 Å². The molecule has 0 heterocycles. The van der Waals surface area contributed by atoms with Gasteiger partial charge in [0, 0.05) is 0 Å². The molecule has 0 aromatic heterocycles. The van der Waals surface area contributed by atoms with Gasteiger partial charge in [0.1, 0.15) is 0 Å². The average Bonchev–Trinajstić information content (AvgIpc) is 2.16. The summed E-state index contributed by atoms with van der Waals surface area (Å²) < 4.78 is 0. The fraction of sp³-hybridized carbons (Fsp3) is 0.545. The molecule has 0 spiro atoms. The molecule has 6 nitrogen and oxygen atoms in total. The van der Waals surface area contributed by atoms with E-state index < -0.39 is 35.2 Å². The Morgan fingerprint density at radius 3 is 2.18 bits per heavy atom. The van der Waals surface area contributed by atoms with E-state index in [4.69, 9.17) is 15.3 Å². The van der Waals surface area contributed by atoms with Gasteiger partial charge in [0.05, 0.1) is 17.3 Å². The molecule has 17 heavy (non-hydrogen) atoms. The molecule has 2 atom stereocenters. The predicted octanol–water partition coefficient (Wildman–Crippen LogP) is 0.973. The van der Waals surface area contributed by atoms with Crippen molar-refractivity contribution >= 4 is 17.9 Å². The molecule has 2 unspecified atom stereocenters. The van der Waals surface area contributed by atoms with Gasteiger partial charge in [-0.2, -0.15) is 0 Å². The van der Waals surface area contributed by atoms with Crippen LogP contribution in [-0.4, -0.2) is 33.2 Å². The summed E-state index contributed by atoms with van der Waals surface area (Å²) in [7, 11) is 0. The normalized spacial score (nSPS) is 32.1. The van der Waals surface area contributed by atoms with Gasteiger partial charge >= 0.3 is 17.9 Å². The molecule has 0 fully saturated rings. The van der Waals surface area contributed by atoms with Gasteiger partial charge in [-0.25, -0.2) is 0 Å². The standard InChI is InChI=1S/C11H14O6/c1-10(8(14)15)3-2-4-11(6-10,9(16)17)5-7(12)13/h2,4H,3,5-6H2,1H3,(H,12,13)(H,14,15)(H,16,17). The van der Waals surface area contributed by atoms with Gasteiger partial charge in [-0.1, -0.05) is 12.2 Å². The number of hydrogen-bond acceptors (Lipinski definition) is 3. The molecule has 0 aromatic rings. The second kappa shape index (κ2) is 4.20. The lowest BCUT2D eigenvalue weighted by molar-refractivity contribution is -0.160. The molecule has 0 saturated carbocycles. The lowest BCUT2D eigenvalue weighted by Crippen LogP contribution is -2.42. The molecule has 1 aliphatic rings. The van der Waals surface area contributed by atoms with Crippen molar-refractivity contribution in [3.8, 4) is 0 Å². The minimum Gasteiger partial charge on any atom is -0.481 e. The number of aliphatic carboxylic acids is 3. The van der Waals surface area contributed by atoms with Crippen molar-refractivity contribution in [2.45, 2.75) is 26.2 Å². The van der Waals surface area contributed by atoms with E-state index in [2.05, 4.69) is 0 Å². The maximum atomic E-state index is 11.2. The van der Waals surface area contributed by atoms with Crippen LogP contribution < -0.4 is 0 Å². The Hall–Kier alpha value is -1.85. The van der Waals surface area contributed by atoms with Crippen molar-refractivity contribution in [1.29, 1.82) is 0 Å². The van der Waals surface area contributed by atoms with Crippen LogP contribution >= 0.6 is 0 Å². The highest BCUT2D eigenvalue weighted by atomic mass is 16.4. The third-order valence-electron chi connectivity index (χ3n) is 3.12. The highest BCUT2D eigenvalue weighted by Crippen LogP contribution is 2.45. The van der Waals surface area contributed by atoms with Crippen molar-refractivity contribution in [2.24, 2.45) is 10.8 Å². The largest absolute Gasteiger partial charge is 0.481 e. The first-order chi connectivity index (χ1) is 7.72. The summed E-state index contributed by atoms with van der Waals surface area (Å²) in [4.78, 5) is 33.0. The van der Waals surface area contributed by atoms with E-state index in [-0.39, 0.29) is 12.8 Å². The van der Waals surface area contributed by atoms with Crippen LogP contribution in [0.25, 0.3) is 0 Å². The van der Waals surface area contributed by atoms with Crippen molar-refractivity contribution in [3.63, 3.8) is 0 Å². The fourth-order valence-corrected chi connectivity index (χ4v) is 2.15. The molecule has 6 heteroatoms. The Kier molecular flexibility index (Phi) is 3.26. The fourth-order valence-electron chi connectivity index (χ4n) is 2.15. The minimum atomic E-state index is -1.63. The quantitative estimate of drug-likeness (QED) is 0.633. The van der Waals surface area contributed by atoms with Gasteiger partial charge in [-0.05, 0) is 19.8 Å².